The number of nitrogens with one attached hydrogen (secondary N) is 1. The predicted molar refractivity (Wildman–Crippen MR) is 60.1 cm³/mol. The van der Waals surface area contributed by atoms with Gasteiger partial charge in [-0.15, -0.1) is 0 Å². The summed E-state index contributed by atoms with van der Waals surface area (Å²) in [6.07, 6.45) is -8.97. The Morgan fingerprint density at radius 1 is 1.15 bits per heavy atom. The van der Waals surface area contributed by atoms with Crippen LogP contribution in [0.5, 0.6) is 0 Å². The molecule has 0 aliphatic heterocycles. The molecule has 0 aliphatic rings. The Labute approximate surface area is 111 Å². The topological polar surface area (TPSA) is 21.3 Å². The van der Waals surface area contributed by atoms with Crippen LogP contribution >= 0.6 is 0 Å². The quantitative estimate of drug-likeness (QED) is 0.840. The van der Waals surface area contributed by atoms with Crippen LogP contribution in [0.4, 0.5) is 26.3 Å². The van der Waals surface area contributed by atoms with Crippen LogP contribution < -0.4 is 5.32 Å². The highest BCUT2D eigenvalue weighted by atomic mass is 19.4. The van der Waals surface area contributed by atoms with Crippen molar-refractivity contribution in [2.45, 2.75) is 18.4 Å². The molecule has 0 heterocycles. The second kappa shape index (κ2) is 6.45. The first-order chi connectivity index (χ1) is 9.13. The molecular formula is C12H13F6NO. The monoisotopic (exact) mass is 301 g/mol. The fourth-order valence-electron chi connectivity index (χ4n) is 1.57. The minimum Gasteiger partial charge on any atom is -0.370 e. The first-order valence-corrected chi connectivity index (χ1v) is 5.62. The van der Waals surface area contributed by atoms with E-state index in [1.165, 1.54) is 19.2 Å². The number of likely N-dealkylation sites (N-methyl/N-ethyl adjacent to an activating group) is 1. The maximum Gasteiger partial charge on any atom is 0.416 e. The second-order valence-corrected chi connectivity index (χ2v) is 4.09. The van der Waals surface area contributed by atoms with Gasteiger partial charge in [0.05, 0.1) is 18.2 Å². The van der Waals surface area contributed by atoms with E-state index in [0.29, 0.717) is 0 Å². The number of benzene rings is 1. The zero-order chi connectivity index (χ0) is 15.4. The predicted octanol–water partition coefficient (Wildman–Crippen LogP) is 3.54. The summed E-state index contributed by atoms with van der Waals surface area (Å²) in [6.45, 7) is -1.82. The highest BCUT2D eigenvalue weighted by Crippen LogP contribution is 2.30. The number of rotatable bonds is 5. The van der Waals surface area contributed by atoms with E-state index < -0.39 is 30.6 Å². The van der Waals surface area contributed by atoms with Crippen LogP contribution in [0.2, 0.25) is 0 Å². The smallest absolute Gasteiger partial charge is 0.370 e. The molecule has 20 heavy (non-hydrogen) atoms. The van der Waals surface area contributed by atoms with Crippen molar-refractivity contribution in [3.8, 4) is 0 Å². The zero-order valence-corrected chi connectivity index (χ0v) is 10.5. The Bertz CT molecular complexity index is 429. The van der Waals surface area contributed by atoms with Gasteiger partial charge in [-0.05, 0) is 24.7 Å². The molecule has 0 aliphatic carbocycles. The molecule has 0 aromatic heterocycles. The maximum atomic E-state index is 12.5. The van der Waals surface area contributed by atoms with Crippen molar-refractivity contribution in [3.63, 3.8) is 0 Å². The third kappa shape index (κ3) is 5.38. The summed E-state index contributed by atoms with van der Waals surface area (Å²) in [5.74, 6) is 0. The summed E-state index contributed by atoms with van der Waals surface area (Å²) < 4.78 is 77.9. The average molecular weight is 301 g/mol. The molecule has 2 nitrogen and oxygen atoms in total. The molecule has 0 saturated heterocycles. The number of halogens is 6. The molecule has 1 aromatic rings. The van der Waals surface area contributed by atoms with Gasteiger partial charge in [0.2, 0.25) is 0 Å². The van der Waals surface area contributed by atoms with Crippen LogP contribution in [0.1, 0.15) is 17.2 Å². The van der Waals surface area contributed by atoms with Gasteiger partial charge in [0.1, 0.15) is 6.61 Å². The van der Waals surface area contributed by atoms with Crippen LogP contribution in [0.3, 0.4) is 0 Å². The molecule has 1 atom stereocenters. The Kier molecular flexibility index (Phi) is 5.41. The lowest BCUT2D eigenvalue weighted by Gasteiger charge is -2.18. The van der Waals surface area contributed by atoms with Crippen LogP contribution in [0, 0.1) is 0 Å². The van der Waals surface area contributed by atoms with Gasteiger partial charge in [0.25, 0.3) is 0 Å². The van der Waals surface area contributed by atoms with Gasteiger partial charge in [0, 0.05) is 0 Å². The first-order valence-electron chi connectivity index (χ1n) is 5.62. The van der Waals surface area contributed by atoms with Gasteiger partial charge >= 0.3 is 12.4 Å². The molecule has 1 unspecified atom stereocenters. The lowest BCUT2D eigenvalue weighted by atomic mass is 10.0. The van der Waals surface area contributed by atoms with Crippen molar-refractivity contribution in [2.24, 2.45) is 0 Å². The molecule has 0 bridgehead atoms. The summed E-state index contributed by atoms with van der Waals surface area (Å²) in [5.41, 5.74) is -0.643. The number of ether oxygens (including phenoxy) is 1. The summed E-state index contributed by atoms with van der Waals surface area (Å²) in [5, 5.41) is 2.62. The zero-order valence-electron chi connectivity index (χ0n) is 10.5. The molecule has 1 aromatic carbocycles. The van der Waals surface area contributed by atoms with Crippen molar-refractivity contribution in [2.75, 3.05) is 20.3 Å². The normalized spacial score (nSPS) is 14.3. The molecular weight excluding hydrogens is 288 g/mol. The number of hydrogen-bond donors (Lipinski definition) is 1. The summed E-state index contributed by atoms with van der Waals surface area (Å²) in [6, 6.07) is 3.63. The van der Waals surface area contributed by atoms with Gasteiger partial charge in [-0.2, -0.15) is 26.3 Å². The first kappa shape index (κ1) is 16.8. The molecule has 0 amide bonds. The van der Waals surface area contributed by atoms with Crippen molar-refractivity contribution in [3.05, 3.63) is 35.4 Å². The molecule has 0 saturated carbocycles. The third-order valence-electron chi connectivity index (χ3n) is 2.52. The van der Waals surface area contributed by atoms with E-state index >= 15 is 0 Å². The lowest BCUT2D eigenvalue weighted by Crippen LogP contribution is -2.26. The van der Waals surface area contributed by atoms with Gasteiger partial charge in [-0.3, -0.25) is 0 Å². The minimum absolute atomic E-state index is 0.212. The van der Waals surface area contributed by atoms with Crippen molar-refractivity contribution < 1.29 is 31.1 Å². The SMILES string of the molecule is CNC(COCC(F)(F)F)c1cccc(C(F)(F)F)c1. The van der Waals surface area contributed by atoms with Crippen LogP contribution in [-0.4, -0.2) is 26.4 Å². The van der Waals surface area contributed by atoms with Crippen LogP contribution in [0.15, 0.2) is 24.3 Å². The van der Waals surface area contributed by atoms with Gasteiger partial charge in [-0.1, -0.05) is 12.1 Å². The van der Waals surface area contributed by atoms with Crippen molar-refractivity contribution >= 4 is 0 Å². The Morgan fingerprint density at radius 2 is 1.80 bits per heavy atom. The maximum absolute atomic E-state index is 12.5. The molecule has 1 rings (SSSR count). The third-order valence-corrected chi connectivity index (χ3v) is 2.52. The van der Waals surface area contributed by atoms with Crippen LogP contribution in [0.25, 0.3) is 0 Å². The van der Waals surface area contributed by atoms with E-state index in [0.717, 1.165) is 12.1 Å². The largest absolute Gasteiger partial charge is 0.416 e. The fourth-order valence-corrected chi connectivity index (χ4v) is 1.57. The highest BCUT2D eigenvalue weighted by molar-refractivity contribution is 5.28. The van der Waals surface area contributed by atoms with Crippen molar-refractivity contribution in [1.82, 2.24) is 5.32 Å². The van der Waals surface area contributed by atoms with Gasteiger partial charge in [-0.25, -0.2) is 0 Å². The standard InChI is InChI=1S/C12H13F6NO/c1-19-10(6-20-7-11(13,14)15)8-3-2-4-9(5-8)12(16,17)18/h2-5,10,19H,6-7H2,1H3. The summed E-state index contributed by atoms with van der Waals surface area (Å²) >= 11 is 0. The summed E-state index contributed by atoms with van der Waals surface area (Å²) in [7, 11) is 1.43. The average Bonchev–Trinajstić information content (AvgIpc) is 2.32. The van der Waals surface area contributed by atoms with Crippen LogP contribution in [-0.2, 0) is 10.9 Å². The lowest BCUT2D eigenvalue weighted by molar-refractivity contribution is -0.175. The van der Waals surface area contributed by atoms with Gasteiger partial charge < -0.3 is 10.1 Å². The van der Waals surface area contributed by atoms with E-state index in [-0.39, 0.29) is 12.2 Å². The Hall–Kier alpha value is -1.28. The van der Waals surface area contributed by atoms with E-state index in [1.54, 1.807) is 0 Å². The number of alkyl halides is 6. The minimum atomic E-state index is -4.50. The molecule has 0 spiro atoms. The van der Waals surface area contributed by atoms with E-state index in [1.807, 2.05) is 0 Å². The fraction of sp³-hybridized carbons (Fsp3) is 0.500. The van der Waals surface area contributed by atoms with Gasteiger partial charge in [0.15, 0.2) is 0 Å². The molecule has 0 fully saturated rings. The Morgan fingerprint density at radius 3 is 2.30 bits per heavy atom. The van der Waals surface area contributed by atoms with E-state index in [4.69, 9.17) is 0 Å². The molecule has 1 N–H and O–H groups in total. The summed E-state index contributed by atoms with van der Waals surface area (Å²) in [4.78, 5) is 0. The molecule has 8 heteroatoms. The molecule has 0 radical (unpaired) electrons. The van der Waals surface area contributed by atoms with E-state index in [2.05, 4.69) is 10.1 Å². The van der Waals surface area contributed by atoms with Crippen molar-refractivity contribution in [1.29, 1.82) is 0 Å². The molecule has 114 valence electrons. The Balaban J connectivity index is 2.75. The number of hydrogen-bond acceptors (Lipinski definition) is 2. The second-order valence-electron chi connectivity index (χ2n) is 4.09. The van der Waals surface area contributed by atoms with E-state index in [9.17, 15) is 26.3 Å². The highest BCUT2D eigenvalue weighted by Gasteiger charge is 2.31.